The van der Waals surface area contributed by atoms with Crippen molar-refractivity contribution in [2.75, 3.05) is 17.7 Å². The number of fused-ring (bicyclic) bond motifs is 1. The Balaban J connectivity index is 1.56. The summed E-state index contributed by atoms with van der Waals surface area (Å²) in [6.45, 7) is 5.61. The van der Waals surface area contributed by atoms with E-state index in [0.29, 0.717) is 12.0 Å². The summed E-state index contributed by atoms with van der Waals surface area (Å²) in [7, 11) is 1.87. The molecule has 1 fully saturated rings. The van der Waals surface area contributed by atoms with E-state index in [2.05, 4.69) is 25.9 Å². The minimum absolute atomic E-state index is 0.156. The van der Waals surface area contributed by atoms with E-state index in [1.165, 1.54) is 0 Å². The molecule has 0 spiro atoms. The smallest absolute Gasteiger partial charge is 0.407 e. The van der Waals surface area contributed by atoms with Crippen LogP contribution in [0.1, 0.15) is 46.5 Å². The van der Waals surface area contributed by atoms with Crippen molar-refractivity contribution in [1.29, 1.82) is 0 Å². The molecule has 0 unspecified atom stereocenters. The van der Waals surface area contributed by atoms with E-state index < -0.39 is 5.60 Å². The zero-order chi connectivity index (χ0) is 19.4. The molecule has 0 bridgehead atoms. The van der Waals surface area contributed by atoms with Crippen molar-refractivity contribution in [2.45, 2.75) is 64.1 Å². The topological polar surface area (TPSA) is 88.2 Å². The van der Waals surface area contributed by atoms with Gasteiger partial charge in [-0.25, -0.2) is 9.78 Å². The fourth-order valence-electron chi connectivity index (χ4n) is 3.37. The van der Waals surface area contributed by atoms with Gasteiger partial charge < -0.3 is 20.7 Å². The Hall–Kier alpha value is -2.57. The zero-order valence-corrected chi connectivity index (χ0v) is 16.5. The number of ether oxygens (including phenoxy) is 1. The first-order valence-corrected chi connectivity index (χ1v) is 9.54. The summed E-state index contributed by atoms with van der Waals surface area (Å²) in [6.07, 6.45) is 3.37. The van der Waals surface area contributed by atoms with Crippen LogP contribution in [-0.4, -0.2) is 40.8 Å². The van der Waals surface area contributed by atoms with Crippen LogP contribution in [0.4, 0.5) is 16.6 Å². The van der Waals surface area contributed by atoms with Crippen LogP contribution in [0.5, 0.6) is 0 Å². The standard InChI is InChI=1S/C20H29N5O2/c1-20(2,3)27-19(26)23-14-11-9-13(10-12-14)22-18-24-16-8-6-5-7-15(16)17(21-4)25-18/h5-8,13-14H,9-12H2,1-4H3,(H,23,26)(H2,21,22,24,25)/t13-,14+. The van der Waals surface area contributed by atoms with Gasteiger partial charge in [-0.2, -0.15) is 4.98 Å². The molecule has 1 aliphatic rings. The third-order valence-corrected chi connectivity index (χ3v) is 4.62. The molecule has 27 heavy (non-hydrogen) atoms. The zero-order valence-electron chi connectivity index (χ0n) is 16.5. The van der Waals surface area contributed by atoms with Gasteiger partial charge in [-0.3, -0.25) is 0 Å². The van der Waals surface area contributed by atoms with E-state index in [1.807, 2.05) is 52.1 Å². The van der Waals surface area contributed by atoms with Crippen molar-refractivity contribution in [3.05, 3.63) is 24.3 Å². The predicted octanol–water partition coefficient (Wildman–Crippen LogP) is 3.92. The maximum Gasteiger partial charge on any atom is 0.407 e. The van der Waals surface area contributed by atoms with Crippen molar-refractivity contribution < 1.29 is 9.53 Å². The molecule has 1 saturated carbocycles. The van der Waals surface area contributed by atoms with Crippen LogP contribution in [0, 0.1) is 0 Å². The highest BCUT2D eigenvalue weighted by Gasteiger charge is 2.25. The molecule has 0 radical (unpaired) electrons. The number of para-hydroxylation sites is 1. The van der Waals surface area contributed by atoms with Gasteiger partial charge in [0.25, 0.3) is 0 Å². The van der Waals surface area contributed by atoms with Gasteiger partial charge in [-0.1, -0.05) is 12.1 Å². The molecular weight excluding hydrogens is 342 g/mol. The number of aromatic nitrogens is 2. The molecule has 0 aliphatic heterocycles. The van der Waals surface area contributed by atoms with E-state index >= 15 is 0 Å². The van der Waals surface area contributed by atoms with Gasteiger partial charge in [-0.15, -0.1) is 0 Å². The van der Waals surface area contributed by atoms with E-state index in [9.17, 15) is 4.79 Å². The number of carbonyl (C=O) groups excluding carboxylic acids is 1. The Labute approximate surface area is 160 Å². The number of hydrogen-bond donors (Lipinski definition) is 3. The highest BCUT2D eigenvalue weighted by Crippen LogP contribution is 2.25. The third kappa shape index (κ3) is 5.21. The number of alkyl carbamates (subject to hydrolysis) is 1. The Morgan fingerprint density at radius 1 is 1.07 bits per heavy atom. The summed E-state index contributed by atoms with van der Waals surface area (Å²) in [5.74, 6) is 1.46. The fourth-order valence-corrected chi connectivity index (χ4v) is 3.37. The molecule has 7 nitrogen and oxygen atoms in total. The quantitative estimate of drug-likeness (QED) is 0.755. The molecule has 1 aromatic heterocycles. The Morgan fingerprint density at radius 2 is 1.74 bits per heavy atom. The minimum Gasteiger partial charge on any atom is -0.444 e. The predicted molar refractivity (Wildman–Crippen MR) is 108 cm³/mol. The van der Waals surface area contributed by atoms with Crippen molar-refractivity contribution in [1.82, 2.24) is 15.3 Å². The maximum absolute atomic E-state index is 11.9. The van der Waals surface area contributed by atoms with Crippen LogP contribution >= 0.6 is 0 Å². The van der Waals surface area contributed by atoms with Crippen molar-refractivity contribution in [3.8, 4) is 0 Å². The minimum atomic E-state index is -0.471. The highest BCUT2D eigenvalue weighted by molar-refractivity contribution is 5.89. The molecular formula is C20H29N5O2. The average molecular weight is 371 g/mol. The van der Waals surface area contributed by atoms with Gasteiger partial charge in [0.2, 0.25) is 5.95 Å². The summed E-state index contributed by atoms with van der Waals surface area (Å²) in [5, 5.41) is 10.6. The number of nitrogens with zero attached hydrogens (tertiary/aromatic N) is 2. The second-order valence-corrected chi connectivity index (χ2v) is 8.00. The Bertz CT molecular complexity index is 795. The molecule has 3 rings (SSSR count). The van der Waals surface area contributed by atoms with Gasteiger partial charge in [0.05, 0.1) is 5.52 Å². The van der Waals surface area contributed by atoms with Gasteiger partial charge in [0.15, 0.2) is 0 Å². The molecule has 146 valence electrons. The monoisotopic (exact) mass is 371 g/mol. The SMILES string of the molecule is CNc1nc(N[C@H]2CC[C@@H](NC(=O)OC(C)(C)C)CC2)nc2ccccc12. The van der Waals surface area contributed by atoms with E-state index in [0.717, 1.165) is 42.4 Å². The van der Waals surface area contributed by atoms with E-state index in [1.54, 1.807) is 0 Å². The van der Waals surface area contributed by atoms with Crippen molar-refractivity contribution in [3.63, 3.8) is 0 Å². The molecule has 0 saturated heterocycles. The van der Waals surface area contributed by atoms with Crippen LogP contribution in [-0.2, 0) is 4.74 Å². The summed E-state index contributed by atoms with van der Waals surface area (Å²) < 4.78 is 5.34. The van der Waals surface area contributed by atoms with Crippen LogP contribution < -0.4 is 16.0 Å². The lowest BCUT2D eigenvalue weighted by atomic mass is 9.91. The number of amides is 1. The van der Waals surface area contributed by atoms with Crippen molar-refractivity contribution in [2.24, 2.45) is 0 Å². The molecule has 1 amide bonds. The van der Waals surface area contributed by atoms with Crippen LogP contribution in [0.25, 0.3) is 10.9 Å². The van der Waals surface area contributed by atoms with Crippen LogP contribution in [0.2, 0.25) is 0 Å². The summed E-state index contributed by atoms with van der Waals surface area (Å²) in [6, 6.07) is 8.42. The fraction of sp³-hybridized carbons (Fsp3) is 0.550. The number of anilines is 2. The van der Waals surface area contributed by atoms with Crippen LogP contribution in [0.3, 0.4) is 0 Å². The van der Waals surface area contributed by atoms with Gasteiger partial charge in [0, 0.05) is 24.5 Å². The Morgan fingerprint density at radius 3 is 2.41 bits per heavy atom. The van der Waals surface area contributed by atoms with Gasteiger partial charge in [-0.05, 0) is 58.6 Å². The molecule has 1 heterocycles. The summed E-state index contributed by atoms with van der Waals surface area (Å²) in [4.78, 5) is 21.2. The van der Waals surface area contributed by atoms with Gasteiger partial charge >= 0.3 is 6.09 Å². The second-order valence-electron chi connectivity index (χ2n) is 8.00. The lowest BCUT2D eigenvalue weighted by molar-refractivity contribution is 0.0492. The molecule has 2 aromatic rings. The lowest BCUT2D eigenvalue weighted by Gasteiger charge is -2.30. The first-order valence-electron chi connectivity index (χ1n) is 9.54. The highest BCUT2D eigenvalue weighted by atomic mass is 16.6. The van der Waals surface area contributed by atoms with Crippen LogP contribution in [0.15, 0.2) is 24.3 Å². The van der Waals surface area contributed by atoms with E-state index in [-0.39, 0.29) is 12.1 Å². The summed E-state index contributed by atoms with van der Waals surface area (Å²) >= 11 is 0. The molecule has 1 aromatic carbocycles. The number of nitrogens with one attached hydrogen (secondary N) is 3. The Kier molecular flexibility index (Phi) is 5.68. The molecule has 1 aliphatic carbocycles. The number of benzene rings is 1. The average Bonchev–Trinajstić information content (AvgIpc) is 2.61. The summed E-state index contributed by atoms with van der Waals surface area (Å²) in [5.41, 5.74) is 0.445. The number of carbonyl (C=O) groups is 1. The van der Waals surface area contributed by atoms with E-state index in [4.69, 9.17) is 4.74 Å². The third-order valence-electron chi connectivity index (χ3n) is 4.62. The second kappa shape index (κ2) is 7.98. The normalized spacial score (nSPS) is 20.1. The van der Waals surface area contributed by atoms with Crippen molar-refractivity contribution >= 4 is 28.8 Å². The first kappa shape index (κ1) is 19.2. The maximum atomic E-state index is 11.9. The largest absolute Gasteiger partial charge is 0.444 e. The number of rotatable bonds is 4. The first-order chi connectivity index (χ1) is 12.8. The number of hydrogen-bond acceptors (Lipinski definition) is 6. The lowest BCUT2D eigenvalue weighted by Crippen LogP contribution is -2.42. The van der Waals surface area contributed by atoms with Gasteiger partial charge in [0.1, 0.15) is 11.4 Å². The molecule has 7 heteroatoms. The molecule has 3 N–H and O–H groups in total. The molecule has 0 atom stereocenters.